The number of halogens is 2. The largest absolute Gasteiger partial charge is 0.370 e. The number of nitrogens with two attached hydrogens (primary N) is 1. The summed E-state index contributed by atoms with van der Waals surface area (Å²) in [6.45, 7) is 5.04. The molecule has 1 atom stereocenters. The summed E-state index contributed by atoms with van der Waals surface area (Å²) in [4.78, 5) is 6.26. The van der Waals surface area contributed by atoms with Crippen molar-refractivity contribution >= 4 is 33.5 Å². The van der Waals surface area contributed by atoms with Crippen LogP contribution >= 0.6 is 27.5 Å². The maximum atomic E-state index is 6.22. The van der Waals surface area contributed by atoms with E-state index in [-0.39, 0.29) is 6.04 Å². The molecule has 1 aromatic rings. The van der Waals surface area contributed by atoms with E-state index in [1.54, 1.807) is 0 Å². The second-order valence-corrected chi connectivity index (χ2v) is 5.14. The van der Waals surface area contributed by atoms with Crippen LogP contribution in [0.5, 0.6) is 0 Å². The number of hydrogen-bond donors (Lipinski definition) is 1. The SMILES string of the molecule is C=CCN1C(N)=NCC1c1cc(Br)ccc1Cl. The Bertz CT molecular complexity index is 473. The van der Waals surface area contributed by atoms with Gasteiger partial charge in [0.25, 0.3) is 0 Å². The number of guanidine groups is 1. The maximum absolute atomic E-state index is 6.22. The normalized spacial score (nSPS) is 19.3. The maximum Gasteiger partial charge on any atom is 0.192 e. The second kappa shape index (κ2) is 5.10. The standard InChI is InChI=1S/C12H13BrClN3/c1-2-5-17-11(7-16-12(17)15)9-6-8(13)3-4-10(9)14/h2-4,6,11H,1,5,7H2,(H2,15,16). The van der Waals surface area contributed by atoms with Crippen LogP contribution in [0, 0.1) is 0 Å². The van der Waals surface area contributed by atoms with Crippen molar-refractivity contribution in [1.29, 1.82) is 0 Å². The van der Waals surface area contributed by atoms with Crippen molar-refractivity contribution in [2.24, 2.45) is 10.7 Å². The molecule has 0 radical (unpaired) electrons. The molecule has 0 spiro atoms. The lowest BCUT2D eigenvalue weighted by atomic mass is 10.1. The summed E-state index contributed by atoms with van der Waals surface area (Å²) in [6.07, 6.45) is 1.81. The Kier molecular flexibility index (Phi) is 3.74. The van der Waals surface area contributed by atoms with Gasteiger partial charge in [-0.05, 0) is 23.8 Å². The Labute approximate surface area is 114 Å². The predicted octanol–water partition coefficient (Wildman–Crippen LogP) is 2.96. The fourth-order valence-corrected chi connectivity index (χ4v) is 2.55. The fraction of sp³-hybridized carbons (Fsp3) is 0.250. The van der Waals surface area contributed by atoms with Gasteiger partial charge in [0.1, 0.15) is 0 Å². The lowest BCUT2D eigenvalue weighted by molar-refractivity contribution is 0.380. The minimum Gasteiger partial charge on any atom is -0.370 e. The third-order valence-electron chi connectivity index (χ3n) is 2.74. The summed E-state index contributed by atoms with van der Waals surface area (Å²) >= 11 is 9.68. The van der Waals surface area contributed by atoms with E-state index in [9.17, 15) is 0 Å². The first-order chi connectivity index (χ1) is 8.13. The molecule has 0 fully saturated rings. The predicted molar refractivity (Wildman–Crippen MR) is 75.3 cm³/mol. The van der Waals surface area contributed by atoms with Crippen molar-refractivity contribution in [3.63, 3.8) is 0 Å². The number of benzene rings is 1. The molecule has 2 rings (SSSR count). The van der Waals surface area contributed by atoms with Gasteiger partial charge in [0.15, 0.2) is 5.96 Å². The van der Waals surface area contributed by atoms with Gasteiger partial charge in [-0.1, -0.05) is 33.6 Å². The third-order valence-corrected chi connectivity index (χ3v) is 3.58. The third kappa shape index (κ3) is 2.48. The summed E-state index contributed by atoms with van der Waals surface area (Å²) < 4.78 is 1.00. The molecule has 0 amide bonds. The first kappa shape index (κ1) is 12.5. The molecule has 5 heteroatoms. The van der Waals surface area contributed by atoms with Crippen LogP contribution in [0.4, 0.5) is 0 Å². The zero-order valence-corrected chi connectivity index (χ0v) is 11.6. The highest BCUT2D eigenvalue weighted by molar-refractivity contribution is 9.10. The van der Waals surface area contributed by atoms with Gasteiger partial charge >= 0.3 is 0 Å². The molecule has 0 saturated heterocycles. The van der Waals surface area contributed by atoms with Crippen molar-refractivity contribution in [2.75, 3.05) is 13.1 Å². The molecule has 0 bridgehead atoms. The molecule has 17 heavy (non-hydrogen) atoms. The molecule has 1 aliphatic heterocycles. The molecule has 0 aliphatic carbocycles. The van der Waals surface area contributed by atoms with Gasteiger partial charge < -0.3 is 10.6 Å². The first-order valence-electron chi connectivity index (χ1n) is 5.26. The molecule has 1 aliphatic rings. The van der Waals surface area contributed by atoms with Crippen LogP contribution in [0.15, 0.2) is 40.3 Å². The van der Waals surface area contributed by atoms with Crippen LogP contribution < -0.4 is 5.73 Å². The minimum absolute atomic E-state index is 0.0954. The summed E-state index contributed by atoms with van der Waals surface area (Å²) in [5, 5.41) is 0.733. The van der Waals surface area contributed by atoms with E-state index in [2.05, 4.69) is 27.5 Å². The number of aliphatic imine (C=N–C) groups is 1. The molecule has 3 nitrogen and oxygen atoms in total. The molecular weight excluding hydrogens is 302 g/mol. The smallest absolute Gasteiger partial charge is 0.192 e. The first-order valence-corrected chi connectivity index (χ1v) is 6.43. The highest BCUT2D eigenvalue weighted by Gasteiger charge is 2.28. The van der Waals surface area contributed by atoms with Crippen LogP contribution in [-0.2, 0) is 0 Å². The van der Waals surface area contributed by atoms with Crippen LogP contribution in [0.3, 0.4) is 0 Å². The number of nitrogens with zero attached hydrogens (tertiary/aromatic N) is 2. The van der Waals surface area contributed by atoms with E-state index >= 15 is 0 Å². The fourth-order valence-electron chi connectivity index (χ4n) is 1.93. The van der Waals surface area contributed by atoms with E-state index in [0.29, 0.717) is 19.0 Å². The lowest BCUT2D eigenvalue weighted by Gasteiger charge is -2.26. The molecule has 0 aromatic heterocycles. The van der Waals surface area contributed by atoms with E-state index in [1.165, 1.54) is 0 Å². The van der Waals surface area contributed by atoms with Gasteiger partial charge in [-0.25, -0.2) is 0 Å². The molecule has 0 saturated carbocycles. The summed E-state index contributed by atoms with van der Waals surface area (Å²) in [5.41, 5.74) is 6.89. The molecular formula is C12H13BrClN3. The Balaban J connectivity index is 2.33. The summed E-state index contributed by atoms with van der Waals surface area (Å²) in [7, 11) is 0. The van der Waals surface area contributed by atoms with Gasteiger partial charge in [-0.2, -0.15) is 0 Å². The zero-order chi connectivity index (χ0) is 12.4. The topological polar surface area (TPSA) is 41.6 Å². The summed E-state index contributed by atoms with van der Waals surface area (Å²) in [5.74, 6) is 0.547. The van der Waals surface area contributed by atoms with E-state index in [1.807, 2.05) is 29.2 Å². The van der Waals surface area contributed by atoms with Gasteiger partial charge in [0.05, 0.1) is 12.6 Å². The van der Waals surface area contributed by atoms with Crippen LogP contribution in [0.25, 0.3) is 0 Å². The highest BCUT2D eigenvalue weighted by Crippen LogP contribution is 2.32. The molecule has 90 valence electrons. The Hall–Kier alpha value is -1.000. The van der Waals surface area contributed by atoms with E-state index in [0.717, 1.165) is 15.1 Å². The van der Waals surface area contributed by atoms with Crippen molar-refractivity contribution in [3.05, 3.63) is 45.9 Å². The van der Waals surface area contributed by atoms with Crippen molar-refractivity contribution in [1.82, 2.24) is 4.90 Å². The van der Waals surface area contributed by atoms with Gasteiger partial charge in [0.2, 0.25) is 0 Å². The minimum atomic E-state index is 0.0954. The van der Waals surface area contributed by atoms with Crippen LogP contribution in [0.2, 0.25) is 5.02 Å². The molecule has 1 aromatic carbocycles. The lowest BCUT2D eigenvalue weighted by Crippen LogP contribution is -2.36. The van der Waals surface area contributed by atoms with Gasteiger partial charge in [0, 0.05) is 16.0 Å². The van der Waals surface area contributed by atoms with Gasteiger partial charge in [-0.3, -0.25) is 4.99 Å². The molecule has 2 N–H and O–H groups in total. The van der Waals surface area contributed by atoms with Crippen LogP contribution in [0.1, 0.15) is 11.6 Å². The molecule has 1 heterocycles. The second-order valence-electron chi connectivity index (χ2n) is 3.82. The molecule has 1 unspecified atom stereocenters. The highest BCUT2D eigenvalue weighted by atomic mass is 79.9. The zero-order valence-electron chi connectivity index (χ0n) is 9.24. The quantitative estimate of drug-likeness (QED) is 0.872. The van der Waals surface area contributed by atoms with E-state index < -0.39 is 0 Å². The van der Waals surface area contributed by atoms with Gasteiger partial charge in [-0.15, -0.1) is 6.58 Å². The Morgan fingerprint density at radius 2 is 2.41 bits per heavy atom. The average molecular weight is 315 g/mol. The van der Waals surface area contributed by atoms with Crippen molar-refractivity contribution in [3.8, 4) is 0 Å². The van der Waals surface area contributed by atoms with Crippen molar-refractivity contribution < 1.29 is 0 Å². The average Bonchev–Trinajstić information content (AvgIpc) is 2.65. The Morgan fingerprint density at radius 3 is 3.12 bits per heavy atom. The number of hydrogen-bond acceptors (Lipinski definition) is 3. The van der Waals surface area contributed by atoms with E-state index in [4.69, 9.17) is 17.3 Å². The number of rotatable bonds is 3. The Morgan fingerprint density at radius 1 is 1.65 bits per heavy atom. The monoisotopic (exact) mass is 313 g/mol. The summed E-state index contributed by atoms with van der Waals surface area (Å²) in [6, 6.07) is 5.90. The van der Waals surface area contributed by atoms with Crippen molar-refractivity contribution in [2.45, 2.75) is 6.04 Å². The van der Waals surface area contributed by atoms with Crippen LogP contribution in [-0.4, -0.2) is 23.9 Å².